The smallest absolute Gasteiger partial charge is 0.337 e. The third-order valence-corrected chi connectivity index (χ3v) is 8.11. The number of amides is 7. The second kappa shape index (κ2) is 20.7. The van der Waals surface area contributed by atoms with Crippen molar-refractivity contribution >= 4 is 35.6 Å². The van der Waals surface area contributed by atoms with Crippen molar-refractivity contribution in [2.75, 3.05) is 6.54 Å². The fourth-order valence-electron chi connectivity index (χ4n) is 5.03. The maximum absolute atomic E-state index is 13.4. The van der Waals surface area contributed by atoms with Crippen molar-refractivity contribution in [3.63, 3.8) is 0 Å². The molecule has 0 aliphatic heterocycles. The summed E-state index contributed by atoms with van der Waals surface area (Å²) in [7, 11) is 0. The van der Waals surface area contributed by atoms with Gasteiger partial charge in [-0.3, -0.25) is 29.4 Å². The lowest BCUT2D eigenvalue weighted by atomic mass is 10.0. The van der Waals surface area contributed by atoms with E-state index in [-0.39, 0.29) is 31.6 Å². The molecule has 2 aromatic carbocycles. The predicted octanol–water partition coefficient (Wildman–Crippen LogP) is -1.05. The van der Waals surface area contributed by atoms with E-state index in [0.717, 1.165) is 10.6 Å². The molecule has 0 radical (unpaired) electrons. The van der Waals surface area contributed by atoms with Crippen LogP contribution in [0.3, 0.4) is 0 Å². The molecule has 1 heterocycles. The van der Waals surface area contributed by atoms with Crippen LogP contribution >= 0.6 is 0 Å². The highest BCUT2D eigenvalue weighted by Gasteiger charge is 2.30. The van der Waals surface area contributed by atoms with Crippen LogP contribution in [0.5, 0.6) is 5.75 Å². The summed E-state index contributed by atoms with van der Waals surface area (Å²) >= 11 is 0. The zero-order valence-electron chi connectivity index (χ0n) is 29.7. The Kier molecular flexibility index (Phi) is 16.2. The SMILES string of the molecule is C[C@H](NC(=O)[C@H](C)NC(=O)N(Cc1ccc(O)cc1)NC(=O)[C@@H](N)Cc1cnc[nH]1)C(=O)N[C@H](Cc1ccccc1)C(=O)N[C@@H](CCCCN)C(N)=O. The molecule has 18 nitrogen and oxygen atoms in total. The van der Waals surface area contributed by atoms with E-state index in [4.69, 9.17) is 17.2 Å². The van der Waals surface area contributed by atoms with Crippen molar-refractivity contribution in [2.24, 2.45) is 17.2 Å². The number of hydrogen-bond donors (Lipinski definition) is 10. The van der Waals surface area contributed by atoms with Gasteiger partial charge in [-0.25, -0.2) is 14.8 Å². The van der Waals surface area contributed by atoms with Crippen LogP contribution in [0.1, 0.15) is 49.9 Å². The zero-order chi connectivity index (χ0) is 38.9. The van der Waals surface area contributed by atoms with Crippen LogP contribution in [-0.4, -0.2) is 92.4 Å². The number of rotatable bonds is 19. The number of aromatic nitrogens is 2. The van der Waals surface area contributed by atoms with Crippen LogP contribution in [0, 0.1) is 0 Å². The Morgan fingerprint density at radius 2 is 1.43 bits per heavy atom. The molecule has 18 heteroatoms. The largest absolute Gasteiger partial charge is 0.508 e. The summed E-state index contributed by atoms with van der Waals surface area (Å²) in [4.78, 5) is 85.0. The Labute approximate surface area is 307 Å². The number of phenolic OH excluding ortho intramolecular Hbond substituents is 1. The lowest BCUT2D eigenvalue weighted by molar-refractivity contribution is -0.133. The van der Waals surface area contributed by atoms with Gasteiger partial charge in [-0.15, -0.1) is 0 Å². The van der Waals surface area contributed by atoms with Gasteiger partial charge in [0, 0.05) is 24.7 Å². The van der Waals surface area contributed by atoms with Crippen molar-refractivity contribution in [3.05, 3.63) is 83.9 Å². The van der Waals surface area contributed by atoms with E-state index in [1.807, 2.05) is 0 Å². The second-order valence-electron chi connectivity index (χ2n) is 12.5. The fourth-order valence-corrected chi connectivity index (χ4v) is 5.03. The molecule has 0 aliphatic rings. The topological polar surface area (TPSA) is 293 Å². The number of aromatic amines is 1. The molecule has 7 amide bonds. The summed E-state index contributed by atoms with van der Waals surface area (Å²) in [5.41, 5.74) is 21.5. The number of H-pyrrole nitrogens is 1. The summed E-state index contributed by atoms with van der Waals surface area (Å²) in [6.07, 6.45) is 4.59. The number of carbonyl (C=O) groups is 6. The Morgan fingerprint density at radius 1 is 0.792 bits per heavy atom. The Hall–Kier alpha value is -6.01. The van der Waals surface area contributed by atoms with Gasteiger partial charge in [-0.2, -0.15) is 0 Å². The molecule has 3 aromatic rings. The third-order valence-electron chi connectivity index (χ3n) is 8.11. The van der Waals surface area contributed by atoms with Gasteiger partial charge in [0.25, 0.3) is 5.91 Å². The van der Waals surface area contributed by atoms with Gasteiger partial charge < -0.3 is 48.6 Å². The number of unbranched alkanes of at least 4 members (excludes halogenated alkanes) is 1. The Bertz CT molecular complexity index is 1660. The molecule has 0 spiro atoms. The number of aromatic hydroxyl groups is 1. The molecular formula is C35H49N11O7. The van der Waals surface area contributed by atoms with Crippen molar-refractivity contribution in [1.82, 2.24) is 41.7 Å². The van der Waals surface area contributed by atoms with E-state index in [1.54, 1.807) is 42.5 Å². The van der Waals surface area contributed by atoms with Crippen molar-refractivity contribution in [2.45, 2.75) is 82.7 Å². The Balaban J connectivity index is 1.66. The van der Waals surface area contributed by atoms with Gasteiger partial charge in [-0.1, -0.05) is 42.5 Å². The van der Waals surface area contributed by atoms with Crippen molar-refractivity contribution in [1.29, 1.82) is 0 Å². The van der Waals surface area contributed by atoms with Crippen LogP contribution in [0.4, 0.5) is 4.79 Å². The van der Waals surface area contributed by atoms with Gasteiger partial charge in [0.15, 0.2) is 0 Å². The molecule has 1 aromatic heterocycles. The van der Waals surface area contributed by atoms with Crippen LogP contribution in [0.2, 0.25) is 0 Å². The highest BCUT2D eigenvalue weighted by molar-refractivity contribution is 5.95. The number of imidazole rings is 1. The Morgan fingerprint density at radius 3 is 2.06 bits per heavy atom. The first-order chi connectivity index (χ1) is 25.3. The molecule has 3 rings (SSSR count). The number of hydrogen-bond acceptors (Lipinski definition) is 10. The second-order valence-corrected chi connectivity index (χ2v) is 12.5. The van der Waals surface area contributed by atoms with Gasteiger partial charge >= 0.3 is 6.03 Å². The highest BCUT2D eigenvalue weighted by Crippen LogP contribution is 2.12. The number of phenols is 1. The number of urea groups is 1. The van der Waals surface area contributed by atoms with Gasteiger partial charge in [0.2, 0.25) is 23.6 Å². The third kappa shape index (κ3) is 13.9. The fraction of sp³-hybridized carbons (Fsp3) is 0.400. The minimum Gasteiger partial charge on any atom is -0.508 e. The van der Waals surface area contributed by atoms with Gasteiger partial charge in [0.05, 0.1) is 18.9 Å². The summed E-state index contributed by atoms with van der Waals surface area (Å²) < 4.78 is 0. The van der Waals surface area contributed by atoms with Crippen LogP contribution in [-0.2, 0) is 43.4 Å². The van der Waals surface area contributed by atoms with Crippen LogP contribution in [0.25, 0.3) is 0 Å². The van der Waals surface area contributed by atoms with Crippen molar-refractivity contribution in [3.8, 4) is 5.75 Å². The van der Waals surface area contributed by atoms with Gasteiger partial charge in [-0.05, 0) is 62.9 Å². The molecule has 5 atom stereocenters. The van der Waals surface area contributed by atoms with Crippen LogP contribution in [0.15, 0.2) is 67.1 Å². The highest BCUT2D eigenvalue weighted by atomic mass is 16.3. The number of nitrogens with one attached hydrogen (secondary N) is 6. The molecule has 0 bridgehead atoms. The van der Waals surface area contributed by atoms with E-state index in [1.165, 1.54) is 38.5 Å². The lowest BCUT2D eigenvalue weighted by Gasteiger charge is -2.27. The number of nitrogens with two attached hydrogens (primary N) is 3. The molecular weight excluding hydrogens is 686 g/mol. The van der Waals surface area contributed by atoms with E-state index in [2.05, 4.69) is 36.7 Å². The molecule has 0 fully saturated rings. The number of primary amides is 1. The summed E-state index contributed by atoms with van der Waals surface area (Å²) in [5, 5.41) is 20.9. The van der Waals surface area contributed by atoms with E-state index >= 15 is 0 Å². The molecule has 53 heavy (non-hydrogen) atoms. The first kappa shape index (κ1) is 41.4. The predicted molar refractivity (Wildman–Crippen MR) is 194 cm³/mol. The maximum atomic E-state index is 13.4. The maximum Gasteiger partial charge on any atom is 0.337 e. The van der Waals surface area contributed by atoms with E-state index in [9.17, 15) is 33.9 Å². The van der Waals surface area contributed by atoms with Crippen LogP contribution < -0.4 is 43.9 Å². The monoisotopic (exact) mass is 735 g/mol. The van der Waals surface area contributed by atoms with E-state index < -0.39 is 65.8 Å². The normalized spacial score (nSPS) is 13.7. The molecule has 13 N–H and O–H groups in total. The number of hydrazine groups is 1. The number of carbonyl (C=O) groups excluding carboxylic acids is 6. The lowest BCUT2D eigenvalue weighted by Crippen LogP contribution is -2.59. The minimum atomic E-state index is -1.20. The number of benzene rings is 2. The average molecular weight is 736 g/mol. The summed E-state index contributed by atoms with van der Waals surface area (Å²) in [6.45, 7) is 3.03. The quantitative estimate of drug-likeness (QED) is 0.0526. The summed E-state index contributed by atoms with van der Waals surface area (Å²) in [5.74, 6) is -3.51. The molecule has 0 aliphatic carbocycles. The number of nitrogens with zero attached hydrogens (tertiary/aromatic N) is 2. The standard InChI is InChI=1S/C35H49N11O7/c1-21(32(50)44-29(16-23-8-4-3-5-9-23)34(52)43-28(30(38)48)10-6-7-15-36)41-31(49)22(2)42-35(53)46(19-24-11-13-26(47)14-12-24)45-33(51)27(37)17-25-18-39-20-40-25/h3-5,8-9,11-14,18,20-22,27-29,47H,6-7,10,15-17,19,36-37H2,1-2H3,(H2,38,48)(H,39,40)(H,41,49)(H,42,53)(H,43,52)(H,44,50)(H,45,51)/t21-,22-,27-,28-,29+/m0/s1. The molecule has 286 valence electrons. The summed E-state index contributed by atoms with van der Waals surface area (Å²) in [6, 6.07) is 8.40. The minimum absolute atomic E-state index is 0.000913. The van der Waals surface area contributed by atoms with Crippen molar-refractivity contribution < 1.29 is 33.9 Å². The van der Waals surface area contributed by atoms with E-state index in [0.29, 0.717) is 30.6 Å². The zero-order valence-corrected chi connectivity index (χ0v) is 29.7. The average Bonchev–Trinajstić information content (AvgIpc) is 3.64. The molecule has 0 saturated carbocycles. The first-order valence-electron chi connectivity index (χ1n) is 17.1. The molecule has 0 saturated heterocycles. The first-order valence-corrected chi connectivity index (χ1v) is 17.1. The molecule has 0 unspecified atom stereocenters. The van der Waals surface area contributed by atoms with Gasteiger partial charge in [0.1, 0.15) is 29.9 Å².